The zero-order valence-electron chi connectivity index (χ0n) is 7.91. The van der Waals surface area contributed by atoms with Crippen molar-refractivity contribution in [1.29, 1.82) is 0 Å². The highest BCUT2D eigenvalue weighted by Crippen LogP contribution is 2.20. The third-order valence-electron chi connectivity index (χ3n) is 1.76. The van der Waals surface area contributed by atoms with Gasteiger partial charge in [-0.25, -0.2) is 4.79 Å². The van der Waals surface area contributed by atoms with Gasteiger partial charge in [0, 0.05) is 17.8 Å². The monoisotopic (exact) mass is 195 g/mol. The van der Waals surface area contributed by atoms with Crippen LogP contribution in [0.1, 0.15) is 5.56 Å². The van der Waals surface area contributed by atoms with Gasteiger partial charge < -0.3 is 21.5 Å². The van der Waals surface area contributed by atoms with Gasteiger partial charge in [0.2, 0.25) is 0 Å². The second-order valence-corrected chi connectivity index (χ2v) is 2.79. The van der Waals surface area contributed by atoms with Crippen LogP contribution >= 0.6 is 0 Å². The SMILES string of the molecule is COc1ccc(N)cc1CNC(N)=O. The number of amides is 2. The molecule has 1 rings (SSSR count). The minimum atomic E-state index is -0.575. The molecule has 0 aliphatic heterocycles. The van der Waals surface area contributed by atoms with Gasteiger partial charge >= 0.3 is 6.03 Å². The lowest BCUT2D eigenvalue weighted by Gasteiger charge is -2.09. The highest BCUT2D eigenvalue weighted by molar-refractivity contribution is 5.71. The standard InChI is InChI=1S/C9H13N3O2/c1-14-8-3-2-7(10)4-6(8)5-12-9(11)13/h2-4H,5,10H2,1H3,(H3,11,12,13). The van der Waals surface area contributed by atoms with Gasteiger partial charge in [0.15, 0.2) is 0 Å². The number of urea groups is 1. The first kappa shape index (κ1) is 10.2. The molecule has 0 aliphatic carbocycles. The summed E-state index contributed by atoms with van der Waals surface area (Å²) < 4.78 is 5.08. The number of primary amides is 1. The van der Waals surface area contributed by atoms with Gasteiger partial charge in [-0.15, -0.1) is 0 Å². The first-order chi connectivity index (χ1) is 6.63. The molecule has 0 spiro atoms. The molecule has 0 fully saturated rings. The van der Waals surface area contributed by atoms with Crippen molar-refractivity contribution in [1.82, 2.24) is 5.32 Å². The summed E-state index contributed by atoms with van der Waals surface area (Å²) in [6.07, 6.45) is 0. The van der Waals surface area contributed by atoms with Crippen molar-refractivity contribution in [2.24, 2.45) is 5.73 Å². The number of nitrogens with one attached hydrogen (secondary N) is 1. The first-order valence-electron chi connectivity index (χ1n) is 4.09. The van der Waals surface area contributed by atoms with Gasteiger partial charge in [-0.2, -0.15) is 0 Å². The smallest absolute Gasteiger partial charge is 0.312 e. The molecule has 0 aromatic heterocycles. The maximum Gasteiger partial charge on any atom is 0.312 e. The highest BCUT2D eigenvalue weighted by atomic mass is 16.5. The number of methoxy groups -OCH3 is 1. The van der Waals surface area contributed by atoms with Gasteiger partial charge in [-0.3, -0.25) is 0 Å². The molecule has 0 radical (unpaired) electrons. The van der Waals surface area contributed by atoms with E-state index in [4.69, 9.17) is 16.2 Å². The summed E-state index contributed by atoms with van der Waals surface area (Å²) in [6, 6.07) is 4.63. The van der Waals surface area contributed by atoms with E-state index in [2.05, 4.69) is 5.32 Å². The number of nitrogen functional groups attached to an aromatic ring is 1. The molecule has 0 aliphatic rings. The fourth-order valence-corrected chi connectivity index (χ4v) is 1.12. The van der Waals surface area contributed by atoms with Gasteiger partial charge in [-0.05, 0) is 18.2 Å². The lowest BCUT2D eigenvalue weighted by molar-refractivity contribution is 0.248. The summed E-state index contributed by atoms with van der Waals surface area (Å²) in [5, 5.41) is 2.47. The Kier molecular flexibility index (Phi) is 3.17. The molecule has 0 heterocycles. The molecule has 2 amide bonds. The summed E-state index contributed by atoms with van der Waals surface area (Å²) in [4.78, 5) is 10.5. The van der Waals surface area contributed by atoms with Crippen molar-refractivity contribution in [3.8, 4) is 5.75 Å². The van der Waals surface area contributed by atoms with Crippen LogP contribution < -0.4 is 21.5 Å². The van der Waals surface area contributed by atoms with Crippen molar-refractivity contribution in [2.75, 3.05) is 12.8 Å². The topological polar surface area (TPSA) is 90.4 Å². The van der Waals surface area contributed by atoms with Crippen LogP contribution in [-0.4, -0.2) is 13.1 Å². The van der Waals surface area contributed by atoms with E-state index in [9.17, 15) is 4.79 Å². The van der Waals surface area contributed by atoms with Gasteiger partial charge in [-0.1, -0.05) is 0 Å². The van der Waals surface area contributed by atoms with Crippen molar-refractivity contribution in [3.05, 3.63) is 23.8 Å². The number of hydrogen-bond acceptors (Lipinski definition) is 3. The van der Waals surface area contributed by atoms with Crippen LogP contribution in [-0.2, 0) is 6.54 Å². The molecule has 0 atom stereocenters. The van der Waals surface area contributed by atoms with E-state index in [0.717, 1.165) is 5.56 Å². The Balaban J connectivity index is 2.82. The molecule has 0 unspecified atom stereocenters. The Hall–Kier alpha value is -1.91. The van der Waals surface area contributed by atoms with Crippen LogP contribution in [0, 0.1) is 0 Å². The Bertz CT molecular complexity index is 339. The quantitative estimate of drug-likeness (QED) is 0.611. The van der Waals surface area contributed by atoms with Gasteiger partial charge in [0.05, 0.1) is 7.11 Å². The maximum absolute atomic E-state index is 10.5. The minimum Gasteiger partial charge on any atom is -0.496 e. The number of carbonyl (C=O) groups is 1. The second-order valence-electron chi connectivity index (χ2n) is 2.79. The third-order valence-corrected chi connectivity index (χ3v) is 1.76. The normalized spacial score (nSPS) is 9.50. The summed E-state index contributed by atoms with van der Waals surface area (Å²) in [6.45, 7) is 0.309. The molecular weight excluding hydrogens is 182 g/mol. The number of anilines is 1. The van der Waals surface area contributed by atoms with Crippen molar-refractivity contribution < 1.29 is 9.53 Å². The number of hydrogen-bond donors (Lipinski definition) is 3. The van der Waals surface area contributed by atoms with Crippen molar-refractivity contribution in [3.63, 3.8) is 0 Å². The van der Waals surface area contributed by atoms with E-state index < -0.39 is 6.03 Å². The number of carbonyl (C=O) groups excluding carboxylic acids is 1. The summed E-state index contributed by atoms with van der Waals surface area (Å²) >= 11 is 0. The predicted octanol–water partition coefficient (Wildman–Crippen LogP) is 0.446. The zero-order chi connectivity index (χ0) is 10.6. The molecule has 1 aromatic carbocycles. The van der Waals surface area contributed by atoms with E-state index in [1.807, 2.05) is 0 Å². The van der Waals surface area contributed by atoms with E-state index in [0.29, 0.717) is 18.0 Å². The first-order valence-corrected chi connectivity index (χ1v) is 4.09. The lowest BCUT2D eigenvalue weighted by Crippen LogP contribution is -2.28. The van der Waals surface area contributed by atoms with Crippen molar-refractivity contribution >= 4 is 11.7 Å². The average molecular weight is 195 g/mol. The number of ether oxygens (including phenoxy) is 1. The van der Waals surface area contributed by atoms with Crippen LogP contribution in [0.5, 0.6) is 5.75 Å². The summed E-state index contributed by atoms with van der Waals surface area (Å²) in [7, 11) is 1.55. The predicted molar refractivity (Wildman–Crippen MR) is 53.8 cm³/mol. The Morgan fingerprint density at radius 1 is 1.57 bits per heavy atom. The van der Waals surface area contributed by atoms with Crippen LogP contribution in [0.15, 0.2) is 18.2 Å². The van der Waals surface area contributed by atoms with Gasteiger partial charge in [0.1, 0.15) is 5.75 Å². The van der Waals surface area contributed by atoms with E-state index in [-0.39, 0.29) is 0 Å². The fraction of sp³-hybridized carbons (Fsp3) is 0.222. The van der Waals surface area contributed by atoms with E-state index >= 15 is 0 Å². The number of nitrogens with two attached hydrogens (primary N) is 2. The fourth-order valence-electron chi connectivity index (χ4n) is 1.12. The molecule has 0 saturated carbocycles. The van der Waals surface area contributed by atoms with Crippen molar-refractivity contribution in [2.45, 2.75) is 6.54 Å². The van der Waals surface area contributed by atoms with Crippen LogP contribution in [0.25, 0.3) is 0 Å². The van der Waals surface area contributed by atoms with Crippen LogP contribution in [0.3, 0.4) is 0 Å². The molecule has 1 aromatic rings. The molecule has 5 heteroatoms. The van der Waals surface area contributed by atoms with Crippen LogP contribution in [0.4, 0.5) is 10.5 Å². The zero-order valence-corrected chi connectivity index (χ0v) is 7.91. The molecule has 76 valence electrons. The molecule has 5 nitrogen and oxygen atoms in total. The molecular formula is C9H13N3O2. The number of benzene rings is 1. The van der Waals surface area contributed by atoms with Gasteiger partial charge in [0.25, 0.3) is 0 Å². The molecule has 5 N–H and O–H groups in total. The molecule has 14 heavy (non-hydrogen) atoms. The minimum absolute atomic E-state index is 0.309. The van der Waals surface area contributed by atoms with E-state index in [1.165, 1.54) is 0 Å². The molecule has 0 bridgehead atoms. The molecule has 0 saturated heterocycles. The Morgan fingerprint density at radius 3 is 2.86 bits per heavy atom. The lowest BCUT2D eigenvalue weighted by atomic mass is 10.2. The average Bonchev–Trinajstić information content (AvgIpc) is 2.15. The summed E-state index contributed by atoms with van der Waals surface area (Å²) in [5.74, 6) is 0.674. The Morgan fingerprint density at radius 2 is 2.29 bits per heavy atom. The largest absolute Gasteiger partial charge is 0.496 e. The number of rotatable bonds is 3. The third kappa shape index (κ3) is 2.55. The highest BCUT2D eigenvalue weighted by Gasteiger charge is 2.03. The van der Waals surface area contributed by atoms with Crippen LogP contribution in [0.2, 0.25) is 0 Å². The second kappa shape index (κ2) is 4.36. The Labute approximate surface area is 82.0 Å². The summed E-state index contributed by atoms with van der Waals surface area (Å²) in [5.41, 5.74) is 12.0. The van der Waals surface area contributed by atoms with E-state index in [1.54, 1.807) is 25.3 Å². The maximum atomic E-state index is 10.5.